The molecule has 120 valence electrons. The third-order valence-corrected chi connectivity index (χ3v) is 4.55. The standard InChI is InChI=1S/C16H19Cl2NO2S/c1-19(8-12-4-5-13(17)7-16(12)18)9-14(20)10-21-11-15-3-2-6-22-15/h2-7,14,20H,8-11H2,1H3/t14-/m1/s1. The Bertz CT molecular complexity index is 578. The molecule has 0 bridgehead atoms. The monoisotopic (exact) mass is 359 g/mol. The molecule has 3 nitrogen and oxygen atoms in total. The summed E-state index contributed by atoms with van der Waals surface area (Å²) in [4.78, 5) is 3.17. The Morgan fingerprint density at radius 1 is 1.32 bits per heavy atom. The maximum absolute atomic E-state index is 10.0. The first-order chi connectivity index (χ1) is 10.5. The van der Waals surface area contributed by atoms with Gasteiger partial charge in [0.2, 0.25) is 0 Å². The lowest BCUT2D eigenvalue weighted by Crippen LogP contribution is -2.31. The van der Waals surface area contributed by atoms with Crippen LogP contribution in [0.5, 0.6) is 0 Å². The molecule has 22 heavy (non-hydrogen) atoms. The maximum Gasteiger partial charge on any atom is 0.0900 e. The van der Waals surface area contributed by atoms with Crippen LogP contribution in [-0.2, 0) is 17.9 Å². The van der Waals surface area contributed by atoms with Crippen LogP contribution in [0.15, 0.2) is 35.7 Å². The summed E-state index contributed by atoms with van der Waals surface area (Å²) < 4.78 is 5.52. The highest BCUT2D eigenvalue weighted by atomic mass is 35.5. The molecule has 0 aliphatic heterocycles. The van der Waals surface area contributed by atoms with Gasteiger partial charge in [0.15, 0.2) is 0 Å². The van der Waals surface area contributed by atoms with Crippen LogP contribution >= 0.6 is 34.5 Å². The molecule has 1 N–H and O–H groups in total. The Balaban J connectivity index is 1.72. The van der Waals surface area contributed by atoms with Crippen molar-refractivity contribution in [2.45, 2.75) is 19.3 Å². The topological polar surface area (TPSA) is 32.7 Å². The zero-order valence-electron chi connectivity index (χ0n) is 12.3. The number of benzene rings is 1. The molecule has 1 aromatic heterocycles. The van der Waals surface area contributed by atoms with Crippen molar-refractivity contribution in [2.24, 2.45) is 0 Å². The van der Waals surface area contributed by atoms with Gasteiger partial charge < -0.3 is 9.84 Å². The van der Waals surface area contributed by atoms with E-state index in [2.05, 4.69) is 0 Å². The smallest absolute Gasteiger partial charge is 0.0900 e. The second-order valence-corrected chi connectivity index (χ2v) is 7.06. The molecule has 0 unspecified atom stereocenters. The van der Waals surface area contributed by atoms with Crippen molar-refractivity contribution >= 4 is 34.5 Å². The molecule has 1 atom stereocenters. The van der Waals surface area contributed by atoms with Crippen LogP contribution in [0.1, 0.15) is 10.4 Å². The Hall–Kier alpha value is -0.620. The zero-order valence-corrected chi connectivity index (χ0v) is 14.7. The van der Waals surface area contributed by atoms with Gasteiger partial charge in [-0.2, -0.15) is 0 Å². The van der Waals surface area contributed by atoms with E-state index in [1.165, 1.54) is 0 Å². The fourth-order valence-electron chi connectivity index (χ4n) is 2.11. The summed E-state index contributed by atoms with van der Waals surface area (Å²) in [5.41, 5.74) is 0.986. The largest absolute Gasteiger partial charge is 0.389 e. The Kier molecular flexibility index (Phi) is 7.15. The van der Waals surface area contributed by atoms with E-state index < -0.39 is 6.10 Å². The first-order valence-corrected chi connectivity index (χ1v) is 8.59. The average molecular weight is 360 g/mol. The number of rotatable bonds is 8. The van der Waals surface area contributed by atoms with Crippen LogP contribution in [-0.4, -0.2) is 36.3 Å². The van der Waals surface area contributed by atoms with Crippen molar-refractivity contribution in [3.8, 4) is 0 Å². The zero-order chi connectivity index (χ0) is 15.9. The third kappa shape index (κ3) is 5.88. The average Bonchev–Trinajstić information content (AvgIpc) is 2.95. The second kappa shape index (κ2) is 8.87. The highest BCUT2D eigenvalue weighted by Crippen LogP contribution is 2.22. The molecule has 1 aromatic carbocycles. The van der Waals surface area contributed by atoms with E-state index >= 15 is 0 Å². The highest BCUT2D eigenvalue weighted by Gasteiger charge is 2.11. The molecule has 0 spiro atoms. The minimum atomic E-state index is -0.531. The number of thiophene rings is 1. The van der Waals surface area contributed by atoms with Crippen LogP contribution < -0.4 is 0 Å². The van der Waals surface area contributed by atoms with Crippen LogP contribution in [0.25, 0.3) is 0 Å². The SMILES string of the molecule is CN(Cc1ccc(Cl)cc1Cl)C[C@@H](O)COCc1cccs1. The normalized spacial score (nSPS) is 12.8. The Labute approximate surface area is 145 Å². The lowest BCUT2D eigenvalue weighted by atomic mass is 10.2. The molecule has 2 rings (SSSR count). The van der Waals surface area contributed by atoms with Crippen LogP contribution in [0, 0.1) is 0 Å². The lowest BCUT2D eigenvalue weighted by molar-refractivity contribution is 0.0135. The van der Waals surface area contributed by atoms with Gasteiger partial charge in [-0.15, -0.1) is 11.3 Å². The van der Waals surface area contributed by atoms with Gasteiger partial charge in [0.1, 0.15) is 0 Å². The lowest BCUT2D eigenvalue weighted by Gasteiger charge is -2.21. The van der Waals surface area contributed by atoms with E-state index in [0.717, 1.165) is 10.4 Å². The Morgan fingerprint density at radius 2 is 2.14 bits per heavy atom. The van der Waals surface area contributed by atoms with E-state index in [1.807, 2.05) is 41.6 Å². The van der Waals surface area contributed by atoms with Gasteiger partial charge in [0.05, 0.1) is 19.3 Å². The van der Waals surface area contributed by atoms with Crippen molar-refractivity contribution < 1.29 is 9.84 Å². The number of halogens is 2. The summed E-state index contributed by atoms with van der Waals surface area (Å²) >= 11 is 13.7. The molecule has 0 aliphatic carbocycles. The van der Waals surface area contributed by atoms with Crippen LogP contribution in [0.3, 0.4) is 0 Å². The van der Waals surface area contributed by atoms with Crippen molar-refractivity contribution in [1.82, 2.24) is 4.90 Å². The predicted molar refractivity (Wildman–Crippen MR) is 92.8 cm³/mol. The van der Waals surface area contributed by atoms with Crippen molar-refractivity contribution in [2.75, 3.05) is 20.2 Å². The van der Waals surface area contributed by atoms with E-state index in [4.69, 9.17) is 27.9 Å². The minimum absolute atomic E-state index is 0.316. The van der Waals surface area contributed by atoms with Crippen molar-refractivity contribution in [3.63, 3.8) is 0 Å². The summed E-state index contributed by atoms with van der Waals surface area (Å²) in [6, 6.07) is 9.46. The number of hydrogen-bond donors (Lipinski definition) is 1. The van der Waals surface area contributed by atoms with Gasteiger partial charge in [0.25, 0.3) is 0 Å². The number of hydrogen-bond acceptors (Lipinski definition) is 4. The second-order valence-electron chi connectivity index (χ2n) is 5.18. The van der Waals surface area contributed by atoms with Gasteiger partial charge in [-0.05, 0) is 36.2 Å². The number of ether oxygens (including phenoxy) is 1. The molecule has 2 aromatic rings. The fraction of sp³-hybridized carbons (Fsp3) is 0.375. The molecule has 0 radical (unpaired) electrons. The highest BCUT2D eigenvalue weighted by molar-refractivity contribution is 7.09. The third-order valence-electron chi connectivity index (χ3n) is 3.11. The molecule has 1 heterocycles. The van der Waals surface area contributed by atoms with Gasteiger partial charge in [-0.25, -0.2) is 0 Å². The molecule has 0 fully saturated rings. The molecular formula is C16H19Cl2NO2S. The van der Waals surface area contributed by atoms with Crippen molar-refractivity contribution in [3.05, 3.63) is 56.2 Å². The fourth-order valence-corrected chi connectivity index (χ4v) is 3.22. The molecule has 6 heteroatoms. The number of aliphatic hydroxyl groups is 1. The summed E-state index contributed by atoms with van der Waals surface area (Å²) in [5, 5.41) is 13.3. The van der Waals surface area contributed by atoms with Gasteiger partial charge >= 0.3 is 0 Å². The summed E-state index contributed by atoms with van der Waals surface area (Å²) in [7, 11) is 1.94. The van der Waals surface area contributed by atoms with Gasteiger partial charge in [-0.1, -0.05) is 35.3 Å². The van der Waals surface area contributed by atoms with E-state index in [-0.39, 0.29) is 0 Å². The number of aliphatic hydroxyl groups excluding tert-OH is 1. The molecule has 0 saturated heterocycles. The Morgan fingerprint density at radius 3 is 2.82 bits per heavy atom. The molecule has 0 saturated carbocycles. The van der Waals surface area contributed by atoms with Gasteiger partial charge in [-0.3, -0.25) is 4.90 Å². The van der Waals surface area contributed by atoms with Gasteiger partial charge in [0, 0.05) is 28.0 Å². The predicted octanol–water partition coefficient (Wildman–Crippen LogP) is 4.06. The summed E-state index contributed by atoms with van der Waals surface area (Å²) in [6.45, 7) is 2.03. The summed E-state index contributed by atoms with van der Waals surface area (Å²) in [5.74, 6) is 0. The quantitative estimate of drug-likeness (QED) is 0.771. The van der Waals surface area contributed by atoms with Crippen LogP contribution in [0.2, 0.25) is 10.0 Å². The van der Waals surface area contributed by atoms with Crippen LogP contribution in [0.4, 0.5) is 0 Å². The molecular weight excluding hydrogens is 341 g/mol. The minimum Gasteiger partial charge on any atom is -0.389 e. The first kappa shape index (κ1) is 17.7. The summed E-state index contributed by atoms with van der Waals surface area (Å²) in [6.07, 6.45) is -0.531. The maximum atomic E-state index is 10.0. The number of likely N-dealkylation sites (N-methyl/N-ethyl adjacent to an activating group) is 1. The van der Waals surface area contributed by atoms with E-state index in [0.29, 0.717) is 36.3 Å². The van der Waals surface area contributed by atoms with E-state index in [1.54, 1.807) is 17.4 Å². The number of nitrogens with zero attached hydrogens (tertiary/aromatic N) is 1. The van der Waals surface area contributed by atoms with E-state index in [9.17, 15) is 5.11 Å². The molecule has 0 amide bonds. The first-order valence-electron chi connectivity index (χ1n) is 6.95. The van der Waals surface area contributed by atoms with Crippen molar-refractivity contribution in [1.29, 1.82) is 0 Å². The molecule has 0 aliphatic rings.